The van der Waals surface area contributed by atoms with Crippen molar-refractivity contribution in [1.29, 1.82) is 0 Å². The summed E-state index contributed by atoms with van der Waals surface area (Å²) in [5.74, 6) is -1.85. The largest absolute Gasteiger partial charge is 0.288 e. The summed E-state index contributed by atoms with van der Waals surface area (Å²) in [4.78, 5) is 12.9. The Bertz CT molecular complexity index is 587. The number of halogens is 2. The van der Waals surface area contributed by atoms with Crippen molar-refractivity contribution < 1.29 is 13.6 Å². The summed E-state index contributed by atoms with van der Waals surface area (Å²) in [5.41, 5.74) is 0.660. The molecule has 0 bridgehead atoms. The third-order valence-electron chi connectivity index (χ3n) is 2.60. The number of aryl methyl sites for hydroxylation is 2. The zero-order valence-electron chi connectivity index (χ0n) is 9.38. The minimum atomic E-state index is -0.816. The third kappa shape index (κ3) is 2.13. The van der Waals surface area contributed by atoms with E-state index in [1.54, 1.807) is 18.4 Å². The van der Waals surface area contributed by atoms with E-state index < -0.39 is 17.4 Å². The quantitative estimate of drug-likeness (QED) is 0.741. The molecular weight excluding hydrogens is 242 g/mol. The lowest BCUT2D eigenvalue weighted by molar-refractivity contribution is 0.103. The molecule has 2 aromatic rings. The zero-order chi connectivity index (χ0) is 12.6. The molecule has 0 aliphatic rings. The van der Waals surface area contributed by atoms with E-state index in [-0.39, 0.29) is 11.1 Å². The van der Waals surface area contributed by atoms with Crippen LogP contribution in [0.3, 0.4) is 0 Å². The predicted octanol–water partition coefficient (Wildman–Crippen LogP) is 3.87. The van der Waals surface area contributed by atoms with Gasteiger partial charge in [0.15, 0.2) is 5.78 Å². The average Bonchev–Trinajstić information content (AvgIpc) is 2.69. The molecule has 1 heterocycles. The van der Waals surface area contributed by atoms with E-state index >= 15 is 0 Å². The molecule has 0 saturated carbocycles. The molecule has 17 heavy (non-hydrogen) atoms. The number of thiophene rings is 1. The number of benzene rings is 1. The monoisotopic (exact) mass is 252 g/mol. The summed E-state index contributed by atoms with van der Waals surface area (Å²) >= 11 is 1.42. The van der Waals surface area contributed by atoms with Crippen molar-refractivity contribution in [2.24, 2.45) is 0 Å². The number of carbonyl (C=O) groups excluding carboxylic acids is 1. The van der Waals surface area contributed by atoms with E-state index in [0.717, 1.165) is 10.9 Å². The van der Waals surface area contributed by atoms with Crippen molar-refractivity contribution in [3.8, 4) is 0 Å². The molecule has 0 saturated heterocycles. The van der Waals surface area contributed by atoms with Gasteiger partial charge in [-0.05, 0) is 36.9 Å². The average molecular weight is 252 g/mol. The summed E-state index contributed by atoms with van der Waals surface area (Å²) in [6, 6.07) is 3.66. The topological polar surface area (TPSA) is 17.1 Å². The number of hydrogen-bond donors (Lipinski definition) is 0. The maximum atomic E-state index is 13.5. The summed E-state index contributed by atoms with van der Waals surface area (Å²) in [6.07, 6.45) is 0. The Morgan fingerprint density at radius 2 is 1.82 bits per heavy atom. The fraction of sp³-hybridized carbons (Fsp3) is 0.154. The molecule has 4 heteroatoms. The highest BCUT2D eigenvalue weighted by atomic mass is 32.1. The highest BCUT2D eigenvalue weighted by Gasteiger charge is 2.18. The Balaban J connectivity index is 2.52. The van der Waals surface area contributed by atoms with Gasteiger partial charge in [0.1, 0.15) is 11.6 Å². The molecule has 0 unspecified atom stereocenters. The third-order valence-corrected chi connectivity index (χ3v) is 3.44. The zero-order valence-corrected chi connectivity index (χ0v) is 10.2. The van der Waals surface area contributed by atoms with E-state index in [2.05, 4.69) is 0 Å². The number of ketones is 1. The van der Waals surface area contributed by atoms with E-state index in [9.17, 15) is 13.6 Å². The summed E-state index contributed by atoms with van der Waals surface area (Å²) < 4.78 is 26.6. The van der Waals surface area contributed by atoms with Gasteiger partial charge in [0.25, 0.3) is 0 Å². The standard InChI is InChI=1S/C13H10F2OS/c1-7-5-10(12(15)6-11(7)14)13(16)9-3-4-17-8(9)2/h3-6H,1-2H3. The molecular formula is C13H10F2OS. The fourth-order valence-electron chi connectivity index (χ4n) is 1.60. The first kappa shape index (κ1) is 11.9. The van der Waals surface area contributed by atoms with Gasteiger partial charge in [-0.15, -0.1) is 11.3 Å². The number of carbonyl (C=O) groups is 1. The van der Waals surface area contributed by atoms with Crippen molar-refractivity contribution in [3.63, 3.8) is 0 Å². The molecule has 88 valence electrons. The fourth-order valence-corrected chi connectivity index (χ4v) is 2.29. The smallest absolute Gasteiger partial charge is 0.197 e. The van der Waals surface area contributed by atoms with Crippen LogP contribution >= 0.6 is 11.3 Å². The maximum Gasteiger partial charge on any atom is 0.197 e. The van der Waals surface area contributed by atoms with Gasteiger partial charge in [-0.1, -0.05) is 0 Å². The van der Waals surface area contributed by atoms with Gasteiger partial charge in [-0.3, -0.25) is 4.79 Å². The van der Waals surface area contributed by atoms with Crippen molar-refractivity contribution in [3.05, 3.63) is 56.8 Å². The van der Waals surface area contributed by atoms with Crippen LogP contribution in [0.5, 0.6) is 0 Å². The van der Waals surface area contributed by atoms with Crippen LogP contribution in [0.2, 0.25) is 0 Å². The predicted molar refractivity (Wildman–Crippen MR) is 63.6 cm³/mol. The Hall–Kier alpha value is -1.55. The van der Waals surface area contributed by atoms with Gasteiger partial charge < -0.3 is 0 Å². The Kier molecular flexibility index (Phi) is 3.07. The Morgan fingerprint density at radius 1 is 1.12 bits per heavy atom. The van der Waals surface area contributed by atoms with Crippen molar-refractivity contribution in [2.45, 2.75) is 13.8 Å². The van der Waals surface area contributed by atoms with Crippen LogP contribution in [-0.2, 0) is 0 Å². The molecule has 1 aromatic carbocycles. The number of rotatable bonds is 2. The Labute approximate surface area is 102 Å². The van der Waals surface area contributed by atoms with Gasteiger partial charge in [0.2, 0.25) is 0 Å². The first-order valence-electron chi connectivity index (χ1n) is 5.05. The van der Waals surface area contributed by atoms with Gasteiger partial charge in [-0.25, -0.2) is 8.78 Å². The van der Waals surface area contributed by atoms with Crippen LogP contribution in [0.1, 0.15) is 26.4 Å². The lowest BCUT2D eigenvalue weighted by Gasteiger charge is -2.04. The SMILES string of the molecule is Cc1cc(C(=O)c2ccsc2C)c(F)cc1F. The summed E-state index contributed by atoms with van der Waals surface area (Å²) in [6.45, 7) is 3.30. The molecule has 0 N–H and O–H groups in total. The second kappa shape index (κ2) is 4.37. The second-order valence-electron chi connectivity index (χ2n) is 3.80. The van der Waals surface area contributed by atoms with Crippen molar-refractivity contribution >= 4 is 17.1 Å². The van der Waals surface area contributed by atoms with E-state index in [1.807, 2.05) is 0 Å². The lowest BCUT2D eigenvalue weighted by Crippen LogP contribution is -2.06. The lowest BCUT2D eigenvalue weighted by atomic mass is 10.0. The normalized spacial score (nSPS) is 10.6. The molecule has 0 atom stereocenters. The highest BCUT2D eigenvalue weighted by molar-refractivity contribution is 7.10. The van der Waals surface area contributed by atoms with E-state index in [1.165, 1.54) is 24.3 Å². The molecule has 0 fully saturated rings. The van der Waals surface area contributed by atoms with E-state index in [0.29, 0.717) is 5.56 Å². The van der Waals surface area contributed by atoms with E-state index in [4.69, 9.17) is 0 Å². The van der Waals surface area contributed by atoms with Crippen LogP contribution in [0.25, 0.3) is 0 Å². The summed E-state index contributed by atoms with van der Waals surface area (Å²) in [5, 5.41) is 1.77. The van der Waals surface area contributed by atoms with Crippen molar-refractivity contribution in [2.75, 3.05) is 0 Å². The molecule has 1 nitrogen and oxygen atoms in total. The molecule has 0 amide bonds. The molecule has 1 aromatic heterocycles. The maximum absolute atomic E-state index is 13.5. The molecule has 0 spiro atoms. The molecule has 0 aliphatic carbocycles. The summed E-state index contributed by atoms with van der Waals surface area (Å²) in [7, 11) is 0. The molecule has 2 rings (SSSR count). The van der Waals surface area contributed by atoms with Gasteiger partial charge >= 0.3 is 0 Å². The van der Waals surface area contributed by atoms with Gasteiger partial charge in [0, 0.05) is 16.5 Å². The minimum Gasteiger partial charge on any atom is -0.288 e. The first-order valence-corrected chi connectivity index (χ1v) is 5.93. The van der Waals surface area contributed by atoms with Crippen LogP contribution < -0.4 is 0 Å². The Morgan fingerprint density at radius 3 is 2.41 bits per heavy atom. The van der Waals surface area contributed by atoms with Crippen LogP contribution in [0.15, 0.2) is 23.6 Å². The van der Waals surface area contributed by atoms with Crippen LogP contribution in [0, 0.1) is 25.5 Å². The first-order chi connectivity index (χ1) is 8.00. The molecule has 0 aliphatic heterocycles. The molecule has 0 radical (unpaired) electrons. The van der Waals surface area contributed by atoms with Gasteiger partial charge in [-0.2, -0.15) is 0 Å². The van der Waals surface area contributed by atoms with Crippen LogP contribution in [0.4, 0.5) is 8.78 Å². The minimum absolute atomic E-state index is 0.0783. The van der Waals surface area contributed by atoms with Crippen molar-refractivity contribution in [1.82, 2.24) is 0 Å². The van der Waals surface area contributed by atoms with Gasteiger partial charge in [0.05, 0.1) is 5.56 Å². The highest BCUT2D eigenvalue weighted by Crippen LogP contribution is 2.22. The number of hydrogen-bond acceptors (Lipinski definition) is 2. The second-order valence-corrected chi connectivity index (χ2v) is 4.92. The van der Waals surface area contributed by atoms with Crippen LogP contribution in [-0.4, -0.2) is 5.78 Å².